The van der Waals surface area contributed by atoms with E-state index in [0.29, 0.717) is 32.0 Å². The zero-order valence-electron chi connectivity index (χ0n) is 14.9. The van der Waals surface area contributed by atoms with Gasteiger partial charge in [-0.1, -0.05) is 36.9 Å². The molecule has 1 aromatic carbocycles. The van der Waals surface area contributed by atoms with Crippen LogP contribution in [0.25, 0.3) is 0 Å². The van der Waals surface area contributed by atoms with Crippen LogP contribution in [0.4, 0.5) is 0 Å². The number of carbonyl (C=O) groups is 2. The first-order valence-corrected chi connectivity index (χ1v) is 8.89. The number of hydrogen-bond donors (Lipinski definition) is 1. The second-order valence-electron chi connectivity index (χ2n) is 6.73. The number of piperidine rings is 1. The van der Waals surface area contributed by atoms with Crippen LogP contribution in [-0.2, 0) is 16.0 Å². The number of rotatable bonds is 7. The summed E-state index contributed by atoms with van der Waals surface area (Å²) in [6.45, 7) is 5.55. The maximum Gasteiger partial charge on any atom is 0.251 e. The van der Waals surface area contributed by atoms with Crippen molar-refractivity contribution in [2.24, 2.45) is 5.92 Å². The van der Waals surface area contributed by atoms with Crippen LogP contribution in [0.2, 0.25) is 0 Å². The summed E-state index contributed by atoms with van der Waals surface area (Å²) in [5.74, 6) is 0.272. The van der Waals surface area contributed by atoms with Gasteiger partial charge in [0.2, 0.25) is 5.91 Å². The predicted octanol–water partition coefficient (Wildman–Crippen LogP) is 1.86. The molecule has 0 aromatic heterocycles. The average molecular weight is 344 g/mol. The van der Waals surface area contributed by atoms with Gasteiger partial charge in [0, 0.05) is 33.1 Å². The van der Waals surface area contributed by atoms with E-state index in [1.165, 1.54) is 6.08 Å². The van der Waals surface area contributed by atoms with Gasteiger partial charge in [-0.3, -0.25) is 9.59 Å². The smallest absolute Gasteiger partial charge is 0.251 e. The molecule has 0 aliphatic carbocycles. The first-order valence-electron chi connectivity index (χ1n) is 8.89. The third kappa shape index (κ3) is 5.71. The van der Waals surface area contributed by atoms with Gasteiger partial charge in [0.1, 0.15) is 6.10 Å². The van der Waals surface area contributed by atoms with Gasteiger partial charge in [0.25, 0.3) is 5.91 Å². The number of aliphatic hydroxyl groups is 1. The van der Waals surface area contributed by atoms with E-state index in [1.54, 1.807) is 16.8 Å². The van der Waals surface area contributed by atoms with E-state index in [9.17, 15) is 14.7 Å². The van der Waals surface area contributed by atoms with Crippen LogP contribution in [0.15, 0.2) is 43.0 Å². The molecule has 5 nitrogen and oxygen atoms in total. The SMILES string of the molecule is C=CC(=O)N(C)CCC1CCN(C(=O)C(O)Cc2ccccc2)CC1. The highest BCUT2D eigenvalue weighted by atomic mass is 16.3. The van der Waals surface area contributed by atoms with Crippen LogP contribution in [0.5, 0.6) is 0 Å². The third-order valence-corrected chi connectivity index (χ3v) is 4.91. The maximum absolute atomic E-state index is 12.4. The van der Waals surface area contributed by atoms with Crippen LogP contribution < -0.4 is 0 Å². The predicted molar refractivity (Wildman–Crippen MR) is 97.9 cm³/mol. The highest BCUT2D eigenvalue weighted by Gasteiger charge is 2.27. The van der Waals surface area contributed by atoms with E-state index in [2.05, 4.69) is 6.58 Å². The van der Waals surface area contributed by atoms with Crippen LogP contribution >= 0.6 is 0 Å². The summed E-state index contributed by atoms with van der Waals surface area (Å²) in [6, 6.07) is 9.58. The summed E-state index contributed by atoms with van der Waals surface area (Å²) in [4.78, 5) is 27.3. The molecular weight excluding hydrogens is 316 g/mol. The van der Waals surface area contributed by atoms with Crippen molar-refractivity contribution in [2.45, 2.75) is 31.8 Å². The van der Waals surface area contributed by atoms with Crippen molar-refractivity contribution in [1.29, 1.82) is 0 Å². The van der Waals surface area contributed by atoms with Crippen LogP contribution in [-0.4, -0.2) is 59.5 Å². The van der Waals surface area contributed by atoms with Crippen LogP contribution in [0.1, 0.15) is 24.8 Å². The molecule has 1 atom stereocenters. The molecule has 0 bridgehead atoms. The first kappa shape index (κ1) is 19.2. The summed E-state index contributed by atoms with van der Waals surface area (Å²) in [5.41, 5.74) is 0.966. The molecule has 1 aromatic rings. The van der Waals surface area contributed by atoms with Gasteiger partial charge in [0.15, 0.2) is 0 Å². The number of hydrogen-bond acceptors (Lipinski definition) is 3. The van der Waals surface area contributed by atoms with E-state index in [-0.39, 0.29) is 11.8 Å². The van der Waals surface area contributed by atoms with Gasteiger partial charge in [-0.2, -0.15) is 0 Å². The Morgan fingerprint density at radius 1 is 1.32 bits per heavy atom. The van der Waals surface area contributed by atoms with Crippen LogP contribution in [0, 0.1) is 5.92 Å². The Morgan fingerprint density at radius 3 is 2.56 bits per heavy atom. The zero-order chi connectivity index (χ0) is 18.2. The Bertz CT molecular complexity index is 580. The largest absolute Gasteiger partial charge is 0.383 e. The Kier molecular flexibility index (Phi) is 7.19. The summed E-state index contributed by atoms with van der Waals surface area (Å²) < 4.78 is 0. The fourth-order valence-electron chi connectivity index (χ4n) is 3.22. The van der Waals surface area contributed by atoms with Gasteiger partial charge < -0.3 is 14.9 Å². The Morgan fingerprint density at radius 2 is 1.96 bits per heavy atom. The Labute approximate surface area is 149 Å². The number of nitrogens with zero attached hydrogens (tertiary/aromatic N) is 2. The second kappa shape index (κ2) is 9.37. The van der Waals surface area contributed by atoms with Gasteiger partial charge in [0.05, 0.1) is 0 Å². The lowest BCUT2D eigenvalue weighted by atomic mass is 9.93. The van der Waals surface area contributed by atoms with E-state index < -0.39 is 6.10 Å². The number of amides is 2. The summed E-state index contributed by atoms with van der Waals surface area (Å²) >= 11 is 0. The molecule has 1 unspecified atom stereocenters. The molecule has 1 heterocycles. The normalized spacial score (nSPS) is 16.3. The summed E-state index contributed by atoms with van der Waals surface area (Å²) in [6.07, 6.45) is 3.48. The summed E-state index contributed by atoms with van der Waals surface area (Å²) in [7, 11) is 1.78. The molecule has 0 spiro atoms. The lowest BCUT2D eigenvalue weighted by Gasteiger charge is -2.33. The average Bonchev–Trinajstić information content (AvgIpc) is 2.66. The second-order valence-corrected chi connectivity index (χ2v) is 6.73. The van der Waals surface area contributed by atoms with Gasteiger partial charge in [-0.15, -0.1) is 0 Å². The molecule has 1 aliphatic rings. The van der Waals surface area contributed by atoms with Crippen LogP contribution in [0.3, 0.4) is 0 Å². The fraction of sp³-hybridized carbons (Fsp3) is 0.500. The molecule has 1 aliphatic heterocycles. The Balaban J connectivity index is 1.74. The minimum absolute atomic E-state index is 0.0587. The maximum atomic E-state index is 12.4. The minimum Gasteiger partial charge on any atom is -0.383 e. The number of likely N-dealkylation sites (N-methyl/N-ethyl adjacent to an activating group) is 1. The molecule has 1 N–H and O–H groups in total. The standard InChI is InChI=1S/C20H28N2O3/c1-3-19(24)21(2)12-9-16-10-13-22(14-11-16)20(25)18(23)15-17-7-5-4-6-8-17/h3-8,16,18,23H,1,9-15H2,2H3. The third-order valence-electron chi connectivity index (χ3n) is 4.91. The molecule has 136 valence electrons. The number of likely N-dealkylation sites (tertiary alicyclic amines) is 1. The number of benzene rings is 1. The highest BCUT2D eigenvalue weighted by molar-refractivity contribution is 5.86. The molecule has 5 heteroatoms. The Hall–Kier alpha value is -2.14. The van der Waals surface area contributed by atoms with Gasteiger partial charge >= 0.3 is 0 Å². The van der Waals surface area contributed by atoms with Crippen molar-refractivity contribution in [3.63, 3.8) is 0 Å². The van der Waals surface area contributed by atoms with Crippen molar-refractivity contribution < 1.29 is 14.7 Å². The first-order chi connectivity index (χ1) is 12.0. The summed E-state index contributed by atoms with van der Waals surface area (Å²) in [5, 5.41) is 10.2. The molecule has 1 fully saturated rings. The van der Waals surface area contributed by atoms with Crippen molar-refractivity contribution in [3.05, 3.63) is 48.6 Å². The minimum atomic E-state index is -0.977. The highest BCUT2D eigenvalue weighted by Crippen LogP contribution is 2.21. The lowest BCUT2D eigenvalue weighted by molar-refractivity contribution is -0.141. The van der Waals surface area contributed by atoms with E-state index in [0.717, 1.165) is 24.8 Å². The number of carbonyl (C=O) groups excluding carboxylic acids is 2. The quantitative estimate of drug-likeness (QED) is 0.768. The molecule has 2 amide bonds. The lowest BCUT2D eigenvalue weighted by Crippen LogP contribution is -2.44. The topological polar surface area (TPSA) is 60.9 Å². The molecule has 25 heavy (non-hydrogen) atoms. The van der Waals surface area contributed by atoms with Gasteiger partial charge in [-0.05, 0) is 36.8 Å². The van der Waals surface area contributed by atoms with Gasteiger partial charge in [-0.25, -0.2) is 0 Å². The van der Waals surface area contributed by atoms with Crippen molar-refractivity contribution in [1.82, 2.24) is 9.80 Å². The van der Waals surface area contributed by atoms with E-state index in [4.69, 9.17) is 0 Å². The van der Waals surface area contributed by atoms with E-state index in [1.807, 2.05) is 30.3 Å². The monoisotopic (exact) mass is 344 g/mol. The van der Waals surface area contributed by atoms with E-state index >= 15 is 0 Å². The van der Waals surface area contributed by atoms with Crippen molar-refractivity contribution in [3.8, 4) is 0 Å². The molecular formula is C20H28N2O3. The molecule has 1 saturated heterocycles. The molecule has 0 radical (unpaired) electrons. The molecule has 0 saturated carbocycles. The zero-order valence-corrected chi connectivity index (χ0v) is 14.9. The molecule has 2 rings (SSSR count). The van der Waals surface area contributed by atoms with Crippen molar-refractivity contribution >= 4 is 11.8 Å². The number of aliphatic hydroxyl groups excluding tert-OH is 1. The fourth-order valence-corrected chi connectivity index (χ4v) is 3.22. The van der Waals surface area contributed by atoms with Crippen molar-refractivity contribution in [2.75, 3.05) is 26.7 Å².